The zero-order valence-corrected chi connectivity index (χ0v) is 16.0. The van der Waals surface area contributed by atoms with E-state index in [9.17, 15) is 18.8 Å². The third-order valence-electron chi connectivity index (χ3n) is 4.19. The van der Waals surface area contributed by atoms with Crippen molar-refractivity contribution in [2.24, 2.45) is 0 Å². The standard InChI is InChI=1S/C21H24FN3O3/c1-14-5-3-4-6-17(14)21(28)24-10-9-19(26)23-11-12-25-20(27)16-8-7-15(2)18(22)13-16/h3-8,13H,9-12H2,1-2H3,(H,23,26)(H,24,28)(H,25,27). The van der Waals surface area contributed by atoms with Crippen LogP contribution in [0.2, 0.25) is 0 Å². The molecule has 0 heterocycles. The first-order chi connectivity index (χ1) is 13.4. The summed E-state index contributed by atoms with van der Waals surface area (Å²) in [5, 5.41) is 7.97. The molecule has 148 valence electrons. The minimum Gasteiger partial charge on any atom is -0.354 e. The van der Waals surface area contributed by atoms with Gasteiger partial charge in [0.05, 0.1) is 0 Å². The van der Waals surface area contributed by atoms with Crippen LogP contribution in [0.4, 0.5) is 4.39 Å². The molecule has 0 aromatic heterocycles. The summed E-state index contributed by atoms with van der Waals surface area (Å²) in [4.78, 5) is 35.8. The van der Waals surface area contributed by atoms with Crippen LogP contribution in [0, 0.1) is 19.7 Å². The van der Waals surface area contributed by atoms with Gasteiger partial charge in [0.25, 0.3) is 11.8 Å². The van der Waals surface area contributed by atoms with Gasteiger partial charge in [0.1, 0.15) is 5.82 Å². The van der Waals surface area contributed by atoms with Crippen LogP contribution in [0.25, 0.3) is 0 Å². The Morgan fingerprint density at radius 2 is 1.50 bits per heavy atom. The lowest BCUT2D eigenvalue weighted by molar-refractivity contribution is -0.120. The van der Waals surface area contributed by atoms with E-state index in [0.717, 1.165) is 5.56 Å². The number of benzene rings is 2. The van der Waals surface area contributed by atoms with E-state index in [1.165, 1.54) is 12.1 Å². The second-order valence-corrected chi connectivity index (χ2v) is 6.39. The lowest BCUT2D eigenvalue weighted by Gasteiger charge is -2.09. The number of hydrogen-bond acceptors (Lipinski definition) is 3. The van der Waals surface area contributed by atoms with Gasteiger partial charge in [0.2, 0.25) is 5.91 Å². The van der Waals surface area contributed by atoms with E-state index in [1.807, 2.05) is 19.1 Å². The van der Waals surface area contributed by atoms with E-state index in [-0.39, 0.29) is 43.4 Å². The van der Waals surface area contributed by atoms with Gasteiger partial charge in [-0.25, -0.2) is 4.39 Å². The first kappa shape index (κ1) is 21.1. The quantitative estimate of drug-likeness (QED) is 0.608. The fraction of sp³-hybridized carbons (Fsp3) is 0.286. The minimum absolute atomic E-state index is 0.134. The van der Waals surface area contributed by atoms with Crippen molar-refractivity contribution in [3.8, 4) is 0 Å². The van der Waals surface area contributed by atoms with Crippen molar-refractivity contribution in [1.82, 2.24) is 16.0 Å². The molecule has 0 aliphatic heterocycles. The van der Waals surface area contributed by atoms with Gasteiger partial charge in [0.15, 0.2) is 0 Å². The summed E-state index contributed by atoms with van der Waals surface area (Å²) in [7, 11) is 0. The maximum absolute atomic E-state index is 13.5. The van der Waals surface area contributed by atoms with Crippen molar-refractivity contribution in [2.75, 3.05) is 19.6 Å². The molecular formula is C21H24FN3O3. The van der Waals surface area contributed by atoms with Crippen LogP contribution in [0.1, 0.15) is 38.3 Å². The Bertz CT molecular complexity index is 868. The highest BCUT2D eigenvalue weighted by atomic mass is 19.1. The molecule has 0 saturated heterocycles. The van der Waals surface area contributed by atoms with E-state index in [0.29, 0.717) is 11.1 Å². The van der Waals surface area contributed by atoms with Gasteiger partial charge in [-0.3, -0.25) is 14.4 Å². The summed E-state index contributed by atoms with van der Waals surface area (Å²) < 4.78 is 13.5. The van der Waals surface area contributed by atoms with Crippen molar-refractivity contribution < 1.29 is 18.8 Å². The maximum atomic E-state index is 13.5. The molecule has 0 spiro atoms. The SMILES string of the molecule is Cc1ccc(C(=O)NCCNC(=O)CCNC(=O)c2ccccc2C)cc1F. The molecule has 6 nitrogen and oxygen atoms in total. The molecule has 0 radical (unpaired) electrons. The Morgan fingerprint density at radius 3 is 2.21 bits per heavy atom. The van der Waals surface area contributed by atoms with E-state index in [1.54, 1.807) is 25.1 Å². The van der Waals surface area contributed by atoms with Gasteiger partial charge in [-0.15, -0.1) is 0 Å². The van der Waals surface area contributed by atoms with Crippen molar-refractivity contribution in [3.05, 3.63) is 70.5 Å². The van der Waals surface area contributed by atoms with Crippen LogP contribution in [-0.4, -0.2) is 37.4 Å². The van der Waals surface area contributed by atoms with E-state index < -0.39 is 11.7 Å². The summed E-state index contributed by atoms with van der Waals surface area (Å²) in [5.74, 6) is -1.29. The molecule has 0 aliphatic rings. The Labute approximate surface area is 163 Å². The molecule has 2 rings (SSSR count). The molecule has 0 bridgehead atoms. The highest BCUT2D eigenvalue weighted by molar-refractivity contribution is 5.96. The summed E-state index contributed by atoms with van der Waals surface area (Å²) in [5.41, 5.74) is 2.15. The average Bonchev–Trinajstić information content (AvgIpc) is 2.67. The van der Waals surface area contributed by atoms with Crippen LogP contribution < -0.4 is 16.0 Å². The van der Waals surface area contributed by atoms with Gasteiger partial charge in [0, 0.05) is 37.2 Å². The zero-order valence-electron chi connectivity index (χ0n) is 16.0. The van der Waals surface area contributed by atoms with E-state index >= 15 is 0 Å². The molecule has 0 unspecified atom stereocenters. The number of aryl methyl sites for hydroxylation is 2. The summed E-state index contributed by atoms with van der Waals surface area (Å²) in [6.07, 6.45) is 0.134. The van der Waals surface area contributed by atoms with Crippen LogP contribution in [0.5, 0.6) is 0 Å². The monoisotopic (exact) mass is 385 g/mol. The number of nitrogens with one attached hydrogen (secondary N) is 3. The normalized spacial score (nSPS) is 10.2. The topological polar surface area (TPSA) is 87.3 Å². The summed E-state index contributed by atoms with van der Waals surface area (Å²) >= 11 is 0. The molecule has 0 fully saturated rings. The number of carbonyl (C=O) groups excluding carboxylic acids is 3. The second-order valence-electron chi connectivity index (χ2n) is 6.39. The Kier molecular flexibility index (Phi) is 7.68. The largest absolute Gasteiger partial charge is 0.354 e. The van der Waals surface area contributed by atoms with Crippen LogP contribution >= 0.6 is 0 Å². The lowest BCUT2D eigenvalue weighted by atomic mass is 10.1. The van der Waals surface area contributed by atoms with Crippen LogP contribution in [0.3, 0.4) is 0 Å². The molecule has 3 amide bonds. The molecule has 0 saturated carbocycles. The van der Waals surface area contributed by atoms with Crippen LogP contribution in [0.15, 0.2) is 42.5 Å². The van der Waals surface area contributed by atoms with Gasteiger partial charge in [-0.05, 0) is 43.2 Å². The van der Waals surface area contributed by atoms with Crippen molar-refractivity contribution in [3.63, 3.8) is 0 Å². The number of hydrogen-bond donors (Lipinski definition) is 3. The van der Waals surface area contributed by atoms with Crippen molar-refractivity contribution in [2.45, 2.75) is 20.3 Å². The molecule has 2 aromatic carbocycles. The molecular weight excluding hydrogens is 361 g/mol. The average molecular weight is 385 g/mol. The Morgan fingerprint density at radius 1 is 0.821 bits per heavy atom. The lowest BCUT2D eigenvalue weighted by Crippen LogP contribution is -2.36. The predicted molar refractivity (Wildman–Crippen MR) is 105 cm³/mol. The molecule has 0 atom stereocenters. The minimum atomic E-state index is -0.436. The summed E-state index contributed by atoms with van der Waals surface area (Å²) in [6, 6.07) is 11.5. The molecule has 2 aromatic rings. The predicted octanol–water partition coefficient (Wildman–Crippen LogP) is 2.11. The molecule has 28 heavy (non-hydrogen) atoms. The number of amides is 3. The second kappa shape index (κ2) is 10.2. The van der Waals surface area contributed by atoms with Crippen molar-refractivity contribution >= 4 is 17.7 Å². The third kappa shape index (κ3) is 6.19. The van der Waals surface area contributed by atoms with E-state index in [4.69, 9.17) is 0 Å². The molecule has 7 heteroatoms. The Balaban J connectivity index is 1.63. The highest BCUT2D eigenvalue weighted by Gasteiger charge is 2.09. The maximum Gasteiger partial charge on any atom is 0.251 e. The van der Waals surface area contributed by atoms with Gasteiger partial charge < -0.3 is 16.0 Å². The smallest absolute Gasteiger partial charge is 0.251 e. The number of rotatable bonds is 8. The fourth-order valence-electron chi connectivity index (χ4n) is 2.51. The fourth-order valence-corrected chi connectivity index (χ4v) is 2.51. The number of carbonyl (C=O) groups is 3. The van der Waals surface area contributed by atoms with Gasteiger partial charge in [-0.2, -0.15) is 0 Å². The molecule has 3 N–H and O–H groups in total. The van der Waals surface area contributed by atoms with E-state index in [2.05, 4.69) is 16.0 Å². The first-order valence-electron chi connectivity index (χ1n) is 9.03. The third-order valence-corrected chi connectivity index (χ3v) is 4.19. The van der Waals surface area contributed by atoms with Gasteiger partial charge in [-0.1, -0.05) is 24.3 Å². The Hall–Kier alpha value is -3.22. The zero-order chi connectivity index (χ0) is 20.5. The number of halogens is 1. The summed E-state index contributed by atoms with van der Waals surface area (Å²) in [6.45, 7) is 4.14. The molecule has 0 aliphatic carbocycles. The highest BCUT2D eigenvalue weighted by Crippen LogP contribution is 2.09. The first-order valence-corrected chi connectivity index (χ1v) is 9.03. The van der Waals surface area contributed by atoms with Crippen molar-refractivity contribution in [1.29, 1.82) is 0 Å². The van der Waals surface area contributed by atoms with Crippen LogP contribution in [-0.2, 0) is 4.79 Å². The van der Waals surface area contributed by atoms with Gasteiger partial charge >= 0.3 is 0 Å².